The van der Waals surface area contributed by atoms with Gasteiger partial charge in [-0.25, -0.2) is 4.98 Å². The molecule has 5 nitrogen and oxygen atoms in total. The quantitative estimate of drug-likeness (QED) is 0.616. The summed E-state index contributed by atoms with van der Waals surface area (Å²) in [6, 6.07) is 18.8. The van der Waals surface area contributed by atoms with Crippen molar-refractivity contribution in [1.82, 2.24) is 10.3 Å². The van der Waals surface area contributed by atoms with Crippen molar-refractivity contribution in [3.8, 4) is 11.6 Å². The lowest BCUT2D eigenvalue weighted by Crippen LogP contribution is -2.28. The van der Waals surface area contributed by atoms with Gasteiger partial charge in [-0.1, -0.05) is 41.9 Å². The lowest BCUT2D eigenvalue weighted by atomic mass is 10.2. The van der Waals surface area contributed by atoms with Crippen LogP contribution in [0.2, 0.25) is 5.02 Å². The maximum atomic E-state index is 12.0. The van der Waals surface area contributed by atoms with Crippen LogP contribution in [0.5, 0.6) is 11.6 Å². The summed E-state index contributed by atoms with van der Waals surface area (Å²) in [6.45, 7) is 2.63. The number of benzene rings is 2. The average molecular weight is 397 g/mol. The van der Waals surface area contributed by atoms with Crippen molar-refractivity contribution in [2.75, 3.05) is 6.61 Å². The van der Waals surface area contributed by atoms with Crippen LogP contribution in [-0.2, 0) is 17.9 Å². The molecule has 1 aromatic heterocycles. The minimum Gasteiger partial charge on any atom is -0.484 e. The standard InChI is InChI=1S/C22H21ClN2O3/c1-16-11-19(7-8-20(16)23)27-15-21(26)25-13-18-9-10-24-22(12-18)28-14-17-5-3-2-4-6-17/h2-12H,13-15H2,1H3,(H,25,26). The molecule has 0 aliphatic heterocycles. The molecule has 0 aliphatic carbocycles. The van der Waals surface area contributed by atoms with Crippen LogP contribution >= 0.6 is 11.6 Å². The molecule has 3 aromatic rings. The van der Waals surface area contributed by atoms with E-state index in [-0.39, 0.29) is 12.5 Å². The third-order valence-electron chi connectivity index (χ3n) is 4.02. The van der Waals surface area contributed by atoms with Gasteiger partial charge < -0.3 is 14.8 Å². The van der Waals surface area contributed by atoms with Crippen molar-refractivity contribution in [1.29, 1.82) is 0 Å². The van der Waals surface area contributed by atoms with Crippen molar-refractivity contribution in [3.05, 3.63) is 88.6 Å². The summed E-state index contributed by atoms with van der Waals surface area (Å²) in [5.41, 5.74) is 2.87. The van der Waals surface area contributed by atoms with Gasteiger partial charge in [0.2, 0.25) is 5.88 Å². The van der Waals surface area contributed by atoms with Crippen molar-refractivity contribution in [3.63, 3.8) is 0 Å². The monoisotopic (exact) mass is 396 g/mol. The highest BCUT2D eigenvalue weighted by molar-refractivity contribution is 6.31. The van der Waals surface area contributed by atoms with E-state index in [1.807, 2.05) is 49.4 Å². The largest absolute Gasteiger partial charge is 0.484 e. The first-order chi connectivity index (χ1) is 13.6. The normalized spacial score (nSPS) is 10.4. The number of hydrogen-bond acceptors (Lipinski definition) is 4. The molecule has 0 saturated heterocycles. The summed E-state index contributed by atoms with van der Waals surface area (Å²) in [5.74, 6) is 0.914. The Morgan fingerprint density at radius 1 is 1.04 bits per heavy atom. The Morgan fingerprint density at radius 3 is 2.64 bits per heavy atom. The minimum absolute atomic E-state index is 0.0660. The van der Waals surface area contributed by atoms with Crippen LogP contribution in [0.1, 0.15) is 16.7 Å². The molecule has 0 unspecified atom stereocenters. The van der Waals surface area contributed by atoms with Gasteiger partial charge in [-0.15, -0.1) is 0 Å². The summed E-state index contributed by atoms with van der Waals surface area (Å²) < 4.78 is 11.2. The predicted molar refractivity (Wildman–Crippen MR) is 109 cm³/mol. The average Bonchev–Trinajstić information content (AvgIpc) is 2.73. The number of carbonyl (C=O) groups is 1. The number of nitrogens with zero attached hydrogens (tertiary/aromatic N) is 1. The molecule has 2 aromatic carbocycles. The smallest absolute Gasteiger partial charge is 0.258 e. The fourth-order valence-electron chi connectivity index (χ4n) is 2.48. The van der Waals surface area contributed by atoms with E-state index in [4.69, 9.17) is 21.1 Å². The number of carbonyl (C=O) groups excluding carboxylic acids is 1. The van der Waals surface area contributed by atoms with E-state index < -0.39 is 0 Å². The molecule has 0 spiro atoms. The van der Waals surface area contributed by atoms with E-state index >= 15 is 0 Å². The molecular weight excluding hydrogens is 376 g/mol. The van der Waals surface area contributed by atoms with Gasteiger partial charge in [0.15, 0.2) is 6.61 Å². The molecule has 0 fully saturated rings. The van der Waals surface area contributed by atoms with E-state index in [0.29, 0.717) is 29.8 Å². The van der Waals surface area contributed by atoms with Crippen LogP contribution in [0.3, 0.4) is 0 Å². The first-order valence-corrected chi connectivity index (χ1v) is 9.25. The number of halogens is 1. The molecule has 0 atom stereocenters. The molecule has 0 saturated carbocycles. The molecule has 0 radical (unpaired) electrons. The first-order valence-electron chi connectivity index (χ1n) is 8.87. The zero-order valence-corrected chi connectivity index (χ0v) is 16.3. The van der Waals surface area contributed by atoms with Crippen LogP contribution in [0.15, 0.2) is 66.9 Å². The number of rotatable bonds is 8. The summed E-state index contributed by atoms with van der Waals surface area (Å²) >= 11 is 5.98. The maximum Gasteiger partial charge on any atom is 0.258 e. The summed E-state index contributed by atoms with van der Waals surface area (Å²) in [5, 5.41) is 3.49. The Balaban J connectivity index is 1.46. The third kappa shape index (κ3) is 5.99. The zero-order valence-electron chi connectivity index (χ0n) is 15.5. The Morgan fingerprint density at radius 2 is 1.86 bits per heavy atom. The summed E-state index contributed by atoms with van der Waals surface area (Å²) in [4.78, 5) is 16.2. The molecule has 0 aliphatic rings. The molecule has 144 valence electrons. The highest BCUT2D eigenvalue weighted by atomic mass is 35.5. The van der Waals surface area contributed by atoms with Gasteiger partial charge in [0.05, 0.1) is 0 Å². The van der Waals surface area contributed by atoms with Gasteiger partial charge in [0.1, 0.15) is 12.4 Å². The van der Waals surface area contributed by atoms with Gasteiger partial charge in [-0.2, -0.15) is 0 Å². The Kier molecular flexibility index (Phi) is 6.87. The first kappa shape index (κ1) is 19.7. The molecule has 1 heterocycles. The zero-order chi connectivity index (χ0) is 19.8. The number of pyridine rings is 1. The minimum atomic E-state index is -0.212. The van der Waals surface area contributed by atoms with E-state index in [1.54, 1.807) is 24.4 Å². The van der Waals surface area contributed by atoms with Gasteiger partial charge in [0, 0.05) is 23.8 Å². The number of hydrogen-bond donors (Lipinski definition) is 1. The number of nitrogens with one attached hydrogen (secondary N) is 1. The van der Waals surface area contributed by atoms with E-state index in [9.17, 15) is 4.79 Å². The van der Waals surface area contributed by atoms with E-state index in [2.05, 4.69) is 10.3 Å². The second-order valence-corrected chi connectivity index (χ2v) is 6.66. The second kappa shape index (κ2) is 9.76. The number of ether oxygens (including phenoxy) is 2. The van der Waals surface area contributed by atoms with Crippen LogP contribution in [0.25, 0.3) is 0 Å². The molecule has 0 bridgehead atoms. The van der Waals surface area contributed by atoms with Crippen LogP contribution in [0.4, 0.5) is 0 Å². The fraction of sp³-hybridized carbons (Fsp3) is 0.182. The third-order valence-corrected chi connectivity index (χ3v) is 4.44. The Hall–Kier alpha value is -3.05. The van der Waals surface area contributed by atoms with Gasteiger partial charge in [-0.3, -0.25) is 4.79 Å². The summed E-state index contributed by atoms with van der Waals surface area (Å²) in [6.07, 6.45) is 1.66. The maximum absolute atomic E-state index is 12.0. The predicted octanol–water partition coefficient (Wildman–Crippen LogP) is 4.32. The SMILES string of the molecule is Cc1cc(OCC(=O)NCc2ccnc(OCc3ccccc3)c2)ccc1Cl. The fourth-order valence-corrected chi connectivity index (χ4v) is 2.60. The lowest BCUT2D eigenvalue weighted by Gasteiger charge is -2.10. The molecule has 3 rings (SSSR count). The van der Waals surface area contributed by atoms with Crippen molar-refractivity contribution in [2.24, 2.45) is 0 Å². The highest BCUT2D eigenvalue weighted by Crippen LogP contribution is 2.20. The van der Waals surface area contributed by atoms with E-state index in [0.717, 1.165) is 16.7 Å². The van der Waals surface area contributed by atoms with Crippen LogP contribution < -0.4 is 14.8 Å². The Bertz CT molecular complexity index is 932. The highest BCUT2D eigenvalue weighted by Gasteiger charge is 2.06. The van der Waals surface area contributed by atoms with Gasteiger partial charge in [-0.05, 0) is 47.9 Å². The van der Waals surface area contributed by atoms with Gasteiger partial charge in [0.25, 0.3) is 5.91 Å². The van der Waals surface area contributed by atoms with Crippen LogP contribution in [-0.4, -0.2) is 17.5 Å². The number of aromatic nitrogens is 1. The second-order valence-electron chi connectivity index (χ2n) is 6.25. The molecular formula is C22H21ClN2O3. The van der Waals surface area contributed by atoms with Crippen molar-refractivity contribution in [2.45, 2.75) is 20.1 Å². The van der Waals surface area contributed by atoms with Crippen molar-refractivity contribution >= 4 is 17.5 Å². The van der Waals surface area contributed by atoms with E-state index in [1.165, 1.54) is 0 Å². The molecule has 1 amide bonds. The topological polar surface area (TPSA) is 60.5 Å². The molecule has 28 heavy (non-hydrogen) atoms. The Labute approximate surface area is 169 Å². The van der Waals surface area contributed by atoms with Crippen LogP contribution in [0, 0.1) is 6.92 Å². The molecule has 1 N–H and O–H groups in total. The summed E-state index contributed by atoms with van der Waals surface area (Å²) in [7, 11) is 0. The number of amides is 1. The molecule has 6 heteroatoms. The van der Waals surface area contributed by atoms with Gasteiger partial charge >= 0.3 is 0 Å². The lowest BCUT2D eigenvalue weighted by molar-refractivity contribution is -0.123. The number of aryl methyl sites for hydroxylation is 1. The van der Waals surface area contributed by atoms with Crippen molar-refractivity contribution < 1.29 is 14.3 Å².